The Morgan fingerprint density at radius 3 is 2.29 bits per heavy atom. The smallest absolute Gasteiger partial charge is 0.328 e. The number of carbonyl (C=O) groups is 1. The summed E-state index contributed by atoms with van der Waals surface area (Å²) in [6, 6.07) is 0. The van der Waals surface area contributed by atoms with E-state index in [-0.39, 0.29) is 0 Å². The van der Waals surface area contributed by atoms with Crippen LogP contribution in [0.15, 0.2) is 24.3 Å². The Balaban J connectivity index is 0. The normalized spacial score (nSPS) is 12.6. The Hall–Kier alpha value is -0.800. The van der Waals surface area contributed by atoms with Crippen molar-refractivity contribution in [1.29, 1.82) is 0 Å². The maximum Gasteiger partial charge on any atom is 0.328 e. The molecule has 0 aromatic rings. The van der Waals surface area contributed by atoms with E-state index in [2.05, 4.69) is 0 Å². The van der Waals surface area contributed by atoms with Gasteiger partial charge in [-0.15, -0.1) is 0 Å². The van der Waals surface area contributed by atoms with Crippen molar-refractivity contribution in [1.82, 2.24) is 0 Å². The van der Waals surface area contributed by atoms with E-state index in [0.717, 1.165) is 12.5 Å². The third-order valence-electron chi connectivity index (χ3n) is 1.07. The average molecular weight is 221 g/mol. The van der Waals surface area contributed by atoms with Gasteiger partial charge in [-0.05, 0) is 13.3 Å². The quantitative estimate of drug-likeness (QED) is 0.435. The van der Waals surface area contributed by atoms with Crippen molar-refractivity contribution in [3.63, 3.8) is 0 Å². The summed E-state index contributed by atoms with van der Waals surface area (Å²) in [4.78, 5) is 9.75. The van der Waals surface area contributed by atoms with E-state index >= 15 is 0 Å². The second-order valence-corrected chi connectivity index (χ2v) is 2.95. The SMILES string of the molecule is CC=CC=CC(=O)O.CCCC(O)Cl. The number of hydrogen-bond donors (Lipinski definition) is 2. The Kier molecular flexibility index (Phi) is 13.6. The molecule has 0 aromatic heterocycles. The zero-order chi connectivity index (χ0) is 11.4. The number of allylic oxidation sites excluding steroid dienone is 3. The molecule has 0 heterocycles. The van der Waals surface area contributed by atoms with Gasteiger partial charge < -0.3 is 10.2 Å². The van der Waals surface area contributed by atoms with E-state index in [1.54, 1.807) is 12.2 Å². The zero-order valence-corrected chi connectivity index (χ0v) is 9.24. The summed E-state index contributed by atoms with van der Waals surface area (Å²) < 4.78 is 0. The number of halogens is 1. The lowest BCUT2D eigenvalue weighted by molar-refractivity contribution is -0.131. The molecule has 2 N–H and O–H groups in total. The molecule has 0 radical (unpaired) electrons. The maximum absolute atomic E-state index is 9.75. The summed E-state index contributed by atoms with van der Waals surface area (Å²) in [6.07, 6.45) is 7.63. The summed E-state index contributed by atoms with van der Waals surface area (Å²) in [5.41, 5.74) is -0.630. The summed E-state index contributed by atoms with van der Waals surface area (Å²) in [5, 5.41) is 16.3. The molecule has 82 valence electrons. The van der Waals surface area contributed by atoms with Crippen molar-refractivity contribution in [3.8, 4) is 0 Å². The van der Waals surface area contributed by atoms with E-state index < -0.39 is 11.5 Å². The lowest BCUT2D eigenvalue weighted by Crippen LogP contribution is -1.91. The molecule has 0 aromatic carbocycles. The topological polar surface area (TPSA) is 57.5 Å². The van der Waals surface area contributed by atoms with Gasteiger partial charge in [0.15, 0.2) is 0 Å². The second-order valence-electron chi connectivity index (χ2n) is 2.45. The molecule has 0 amide bonds. The van der Waals surface area contributed by atoms with Gasteiger partial charge in [0, 0.05) is 6.08 Å². The van der Waals surface area contributed by atoms with Crippen LogP contribution in [0.25, 0.3) is 0 Å². The minimum Gasteiger partial charge on any atom is -0.478 e. The highest BCUT2D eigenvalue weighted by molar-refractivity contribution is 6.19. The number of aliphatic hydroxyl groups excluding tert-OH is 1. The molecule has 0 rings (SSSR count). The molecule has 1 unspecified atom stereocenters. The van der Waals surface area contributed by atoms with Crippen molar-refractivity contribution in [2.24, 2.45) is 0 Å². The van der Waals surface area contributed by atoms with Crippen LogP contribution in [-0.2, 0) is 4.79 Å². The Morgan fingerprint density at radius 2 is 2.07 bits per heavy atom. The molecule has 0 fully saturated rings. The minimum atomic E-state index is -0.914. The summed E-state index contributed by atoms with van der Waals surface area (Å²) in [7, 11) is 0. The molecule has 0 aliphatic heterocycles. The van der Waals surface area contributed by atoms with E-state index in [9.17, 15) is 4.79 Å². The molecule has 0 spiro atoms. The first-order valence-corrected chi connectivity index (χ1v) is 4.82. The van der Waals surface area contributed by atoms with Crippen molar-refractivity contribution in [2.75, 3.05) is 0 Å². The molecule has 1 atom stereocenters. The van der Waals surface area contributed by atoms with Crippen LogP contribution < -0.4 is 0 Å². The van der Waals surface area contributed by atoms with E-state index in [0.29, 0.717) is 6.42 Å². The summed E-state index contributed by atoms with van der Waals surface area (Å²) in [6.45, 7) is 3.80. The van der Waals surface area contributed by atoms with Gasteiger partial charge in [0.2, 0.25) is 0 Å². The fraction of sp³-hybridized carbons (Fsp3) is 0.500. The second kappa shape index (κ2) is 12.2. The fourth-order valence-corrected chi connectivity index (χ4v) is 0.705. The van der Waals surface area contributed by atoms with Crippen LogP contribution in [0, 0.1) is 0 Å². The van der Waals surface area contributed by atoms with Crippen molar-refractivity contribution < 1.29 is 15.0 Å². The summed E-state index contributed by atoms with van der Waals surface area (Å²) >= 11 is 5.13. The number of aliphatic carboxylic acids is 1. The van der Waals surface area contributed by atoms with Crippen molar-refractivity contribution >= 4 is 17.6 Å². The van der Waals surface area contributed by atoms with E-state index in [1.165, 1.54) is 6.08 Å². The molecule has 14 heavy (non-hydrogen) atoms. The first-order valence-electron chi connectivity index (χ1n) is 4.39. The van der Waals surface area contributed by atoms with Crippen LogP contribution in [0.4, 0.5) is 0 Å². The first kappa shape index (κ1) is 15.7. The Labute approximate surface area is 89.7 Å². The Bertz CT molecular complexity index is 186. The van der Waals surface area contributed by atoms with Gasteiger partial charge in [0.25, 0.3) is 0 Å². The van der Waals surface area contributed by atoms with Gasteiger partial charge in [-0.25, -0.2) is 4.79 Å². The van der Waals surface area contributed by atoms with Crippen LogP contribution in [-0.4, -0.2) is 21.7 Å². The number of rotatable bonds is 4. The third-order valence-corrected chi connectivity index (χ3v) is 1.29. The molecule has 3 nitrogen and oxygen atoms in total. The standard InChI is InChI=1S/C6H8O2.C4H9ClO/c1-2-3-4-5-6(7)8;1-2-3-4(5)6/h2-5H,1H3,(H,7,8);4,6H,2-3H2,1H3. The zero-order valence-electron chi connectivity index (χ0n) is 8.48. The highest BCUT2D eigenvalue weighted by atomic mass is 35.5. The predicted octanol–water partition coefficient (Wildman–Crippen LogP) is 2.55. The van der Waals surface area contributed by atoms with Gasteiger partial charge in [0.05, 0.1) is 0 Å². The molecule has 0 bridgehead atoms. The van der Waals surface area contributed by atoms with Crippen LogP contribution in [0.3, 0.4) is 0 Å². The molecule has 0 saturated carbocycles. The number of carboxylic acid groups (broad SMARTS) is 1. The maximum atomic E-state index is 9.75. The molecule has 4 heteroatoms. The van der Waals surface area contributed by atoms with Gasteiger partial charge in [0.1, 0.15) is 5.56 Å². The predicted molar refractivity (Wildman–Crippen MR) is 58.4 cm³/mol. The van der Waals surface area contributed by atoms with Crippen LogP contribution in [0.5, 0.6) is 0 Å². The van der Waals surface area contributed by atoms with Crippen LogP contribution in [0.2, 0.25) is 0 Å². The highest BCUT2D eigenvalue weighted by Crippen LogP contribution is 1.97. The lowest BCUT2D eigenvalue weighted by Gasteiger charge is -1.92. The van der Waals surface area contributed by atoms with Crippen LogP contribution >= 0.6 is 11.6 Å². The van der Waals surface area contributed by atoms with Gasteiger partial charge in [-0.3, -0.25) is 0 Å². The molecular formula is C10H17ClO3. The van der Waals surface area contributed by atoms with Gasteiger partial charge in [-0.1, -0.05) is 43.2 Å². The van der Waals surface area contributed by atoms with Gasteiger partial charge in [-0.2, -0.15) is 0 Å². The number of alkyl halides is 1. The van der Waals surface area contributed by atoms with E-state index in [1.807, 2.05) is 13.8 Å². The van der Waals surface area contributed by atoms with E-state index in [4.69, 9.17) is 21.8 Å². The monoisotopic (exact) mass is 220 g/mol. The Morgan fingerprint density at radius 1 is 1.50 bits per heavy atom. The largest absolute Gasteiger partial charge is 0.478 e. The van der Waals surface area contributed by atoms with Gasteiger partial charge >= 0.3 is 5.97 Å². The lowest BCUT2D eigenvalue weighted by atomic mass is 10.4. The molecule has 0 saturated heterocycles. The third kappa shape index (κ3) is 22.5. The first-order chi connectivity index (χ1) is 6.54. The molecule has 0 aliphatic rings. The summed E-state index contributed by atoms with van der Waals surface area (Å²) in [5.74, 6) is -0.914. The van der Waals surface area contributed by atoms with Crippen molar-refractivity contribution in [3.05, 3.63) is 24.3 Å². The number of carboxylic acids is 1. The average Bonchev–Trinajstić information content (AvgIpc) is 2.05. The highest BCUT2D eigenvalue weighted by Gasteiger charge is 1.90. The van der Waals surface area contributed by atoms with Crippen LogP contribution in [0.1, 0.15) is 26.7 Å². The molecule has 0 aliphatic carbocycles. The minimum absolute atomic E-state index is 0.630. The molecular weight excluding hydrogens is 204 g/mol. The number of aliphatic hydroxyl groups is 1. The number of hydrogen-bond acceptors (Lipinski definition) is 2. The van der Waals surface area contributed by atoms with Crippen molar-refractivity contribution in [2.45, 2.75) is 32.3 Å². The fourth-order valence-electron chi connectivity index (χ4n) is 0.487.